The molecule has 1 unspecified atom stereocenters. The van der Waals surface area contributed by atoms with Gasteiger partial charge in [-0.1, -0.05) is 60.7 Å². The highest BCUT2D eigenvalue weighted by atomic mass is 32.2. The molecule has 0 saturated carbocycles. The number of carboxylic acid groups (broad SMARTS) is 1. The molecule has 3 aromatic carbocycles. The quantitative estimate of drug-likeness (QED) is 0.312. The van der Waals surface area contributed by atoms with E-state index in [1.165, 1.54) is 0 Å². The predicted octanol–water partition coefficient (Wildman–Crippen LogP) is 3.69. The molecule has 0 aromatic heterocycles. The van der Waals surface area contributed by atoms with E-state index >= 15 is 0 Å². The summed E-state index contributed by atoms with van der Waals surface area (Å²) in [6.45, 7) is 1.09. The fraction of sp³-hybridized carbons (Fsp3) is 0.367. The van der Waals surface area contributed by atoms with Gasteiger partial charge in [0.25, 0.3) is 0 Å². The first-order valence-electron chi connectivity index (χ1n) is 13.0. The molecule has 1 aliphatic heterocycles. The maximum absolute atomic E-state index is 13.6. The van der Waals surface area contributed by atoms with Crippen molar-refractivity contribution in [3.05, 3.63) is 83.9 Å². The van der Waals surface area contributed by atoms with Gasteiger partial charge in [0, 0.05) is 13.1 Å². The Kier molecular flexibility index (Phi) is 9.27. The van der Waals surface area contributed by atoms with Gasteiger partial charge in [-0.25, -0.2) is 8.42 Å². The average molecular weight is 553 g/mol. The number of sulfone groups is 1. The van der Waals surface area contributed by atoms with Gasteiger partial charge in [-0.05, 0) is 54.6 Å². The standard InChI is InChI=1S/C30H36N2O6S/c1-37-26-10-6-11-27(38-2)28(26)24-14-12-22(13-15-24)18-25(29(33)34)32-21-30(16-7-17-31-20-30)39(35,36)19-23-8-4-3-5-9-23/h3-6,8-15,25,31-32H,7,16-21H2,1-2H3,(H,33,34)/t25-,30?/m0/s1. The van der Waals surface area contributed by atoms with E-state index in [-0.39, 0.29) is 25.3 Å². The number of carboxylic acids is 1. The van der Waals surface area contributed by atoms with Crippen LogP contribution in [-0.4, -0.2) is 64.1 Å². The van der Waals surface area contributed by atoms with Gasteiger partial charge < -0.3 is 25.2 Å². The number of rotatable bonds is 12. The topological polar surface area (TPSA) is 114 Å². The second-order valence-corrected chi connectivity index (χ2v) is 12.3. The molecule has 1 fully saturated rings. The second kappa shape index (κ2) is 12.6. The van der Waals surface area contributed by atoms with Crippen LogP contribution in [0.15, 0.2) is 72.8 Å². The first kappa shape index (κ1) is 28.6. The lowest BCUT2D eigenvalue weighted by Crippen LogP contribution is -2.59. The SMILES string of the molecule is COc1cccc(OC)c1-c1ccc(C[C@H](NCC2(S(=O)(=O)Cc3ccccc3)CCCNC2)C(=O)O)cc1. The third kappa shape index (κ3) is 6.61. The Hall–Kier alpha value is -3.40. The lowest BCUT2D eigenvalue weighted by Gasteiger charge is -2.38. The minimum Gasteiger partial charge on any atom is -0.496 e. The van der Waals surface area contributed by atoms with Crippen molar-refractivity contribution >= 4 is 15.8 Å². The average Bonchev–Trinajstić information content (AvgIpc) is 2.95. The van der Waals surface area contributed by atoms with Crippen molar-refractivity contribution in [3.63, 3.8) is 0 Å². The number of ether oxygens (including phenoxy) is 2. The van der Waals surface area contributed by atoms with Crippen LogP contribution in [0.5, 0.6) is 11.5 Å². The van der Waals surface area contributed by atoms with E-state index in [1.807, 2.05) is 60.7 Å². The molecular weight excluding hydrogens is 516 g/mol. The molecule has 4 rings (SSSR count). The Labute approximate surface area is 230 Å². The van der Waals surface area contributed by atoms with Gasteiger partial charge in [-0.2, -0.15) is 0 Å². The molecule has 0 aliphatic carbocycles. The van der Waals surface area contributed by atoms with Crippen molar-refractivity contribution in [1.82, 2.24) is 10.6 Å². The number of nitrogens with one attached hydrogen (secondary N) is 2. The number of hydrogen-bond donors (Lipinski definition) is 3. The second-order valence-electron chi connectivity index (χ2n) is 9.92. The molecule has 0 bridgehead atoms. The molecule has 1 saturated heterocycles. The van der Waals surface area contributed by atoms with Crippen molar-refractivity contribution in [2.45, 2.75) is 35.8 Å². The maximum Gasteiger partial charge on any atom is 0.321 e. The van der Waals surface area contributed by atoms with E-state index in [4.69, 9.17) is 9.47 Å². The summed E-state index contributed by atoms with van der Waals surface area (Å²) in [5.74, 6) is 0.249. The Balaban J connectivity index is 1.51. The van der Waals surface area contributed by atoms with Crippen molar-refractivity contribution in [1.29, 1.82) is 0 Å². The van der Waals surface area contributed by atoms with Crippen molar-refractivity contribution in [3.8, 4) is 22.6 Å². The summed E-state index contributed by atoms with van der Waals surface area (Å²) in [7, 11) is -0.380. The van der Waals surface area contributed by atoms with E-state index in [2.05, 4.69) is 10.6 Å². The normalized spacial score (nSPS) is 18.3. The maximum atomic E-state index is 13.6. The highest BCUT2D eigenvalue weighted by molar-refractivity contribution is 7.92. The molecule has 3 aromatic rings. The van der Waals surface area contributed by atoms with Gasteiger partial charge in [-0.15, -0.1) is 0 Å². The van der Waals surface area contributed by atoms with Gasteiger partial charge >= 0.3 is 5.97 Å². The highest BCUT2D eigenvalue weighted by Crippen LogP contribution is 2.38. The summed E-state index contributed by atoms with van der Waals surface area (Å²) >= 11 is 0. The molecule has 1 aliphatic rings. The van der Waals surface area contributed by atoms with Crippen LogP contribution in [0.4, 0.5) is 0 Å². The summed E-state index contributed by atoms with van der Waals surface area (Å²) < 4.78 is 37.2. The Bertz CT molecular complexity index is 1330. The third-order valence-corrected chi connectivity index (χ3v) is 9.90. The van der Waals surface area contributed by atoms with Crippen LogP contribution in [0.25, 0.3) is 11.1 Å². The molecule has 0 amide bonds. The first-order chi connectivity index (χ1) is 18.8. The number of aliphatic carboxylic acids is 1. The molecule has 8 nitrogen and oxygen atoms in total. The zero-order valence-corrected chi connectivity index (χ0v) is 23.2. The van der Waals surface area contributed by atoms with Crippen LogP contribution >= 0.6 is 0 Å². The van der Waals surface area contributed by atoms with Gasteiger partial charge in [0.05, 0.1) is 30.3 Å². The monoisotopic (exact) mass is 552 g/mol. The lowest BCUT2D eigenvalue weighted by molar-refractivity contribution is -0.139. The third-order valence-electron chi connectivity index (χ3n) is 7.37. The van der Waals surface area contributed by atoms with Crippen molar-refractivity contribution in [2.24, 2.45) is 0 Å². The molecule has 3 N–H and O–H groups in total. The molecule has 208 valence electrons. The summed E-state index contributed by atoms with van der Waals surface area (Å²) in [4.78, 5) is 12.2. The van der Waals surface area contributed by atoms with Gasteiger partial charge in [0.1, 0.15) is 17.5 Å². The van der Waals surface area contributed by atoms with Crippen LogP contribution in [0, 0.1) is 0 Å². The highest BCUT2D eigenvalue weighted by Gasteiger charge is 2.45. The number of carbonyl (C=O) groups is 1. The van der Waals surface area contributed by atoms with E-state index in [0.717, 1.165) is 28.8 Å². The van der Waals surface area contributed by atoms with Crippen LogP contribution in [0.3, 0.4) is 0 Å². The zero-order chi connectivity index (χ0) is 27.9. The molecule has 0 spiro atoms. The van der Waals surface area contributed by atoms with Crippen LogP contribution in [0.2, 0.25) is 0 Å². The number of methoxy groups -OCH3 is 2. The molecule has 1 heterocycles. The Morgan fingerprint density at radius 3 is 2.21 bits per heavy atom. The predicted molar refractivity (Wildman–Crippen MR) is 152 cm³/mol. The van der Waals surface area contributed by atoms with Crippen molar-refractivity contribution < 1.29 is 27.8 Å². The first-order valence-corrected chi connectivity index (χ1v) is 14.7. The minimum absolute atomic E-state index is 0.0582. The van der Waals surface area contributed by atoms with Gasteiger partial charge in [0.15, 0.2) is 9.84 Å². The van der Waals surface area contributed by atoms with Gasteiger partial charge in [0.2, 0.25) is 0 Å². The number of hydrogen-bond acceptors (Lipinski definition) is 7. The molecule has 0 radical (unpaired) electrons. The van der Waals surface area contributed by atoms with Crippen molar-refractivity contribution in [2.75, 3.05) is 33.9 Å². The molecule has 2 atom stereocenters. The molecular formula is C30H36N2O6S. The number of benzene rings is 3. The fourth-order valence-corrected chi connectivity index (χ4v) is 7.17. The summed E-state index contributed by atoms with van der Waals surface area (Å²) in [5, 5.41) is 16.3. The Morgan fingerprint density at radius 2 is 1.64 bits per heavy atom. The van der Waals surface area contributed by atoms with E-state index in [1.54, 1.807) is 26.4 Å². The lowest BCUT2D eigenvalue weighted by atomic mass is 9.96. The molecule has 9 heteroatoms. The van der Waals surface area contributed by atoms with Crippen LogP contribution < -0.4 is 20.1 Å². The summed E-state index contributed by atoms with van der Waals surface area (Å²) in [6, 6.07) is 21.3. The fourth-order valence-electron chi connectivity index (χ4n) is 5.15. The zero-order valence-electron chi connectivity index (χ0n) is 22.4. The molecule has 39 heavy (non-hydrogen) atoms. The summed E-state index contributed by atoms with van der Waals surface area (Å²) in [6.07, 6.45) is 1.40. The van der Waals surface area contributed by atoms with Crippen LogP contribution in [-0.2, 0) is 26.8 Å². The van der Waals surface area contributed by atoms with Crippen LogP contribution in [0.1, 0.15) is 24.0 Å². The Morgan fingerprint density at radius 1 is 0.974 bits per heavy atom. The number of piperidine rings is 1. The van der Waals surface area contributed by atoms with E-state index < -0.39 is 26.6 Å². The summed E-state index contributed by atoms with van der Waals surface area (Å²) in [5.41, 5.74) is 3.24. The minimum atomic E-state index is -3.58. The smallest absolute Gasteiger partial charge is 0.321 e. The van der Waals surface area contributed by atoms with E-state index in [0.29, 0.717) is 24.3 Å². The van der Waals surface area contributed by atoms with E-state index in [9.17, 15) is 18.3 Å². The largest absolute Gasteiger partial charge is 0.496 e. The van der Waals surface area contributed by atoms with Gasteiger partial charge in [-0.3, -0.25) is 4.79 Å².